The molecule has 1 aliphatic rings. The summed E-state index contributed by atoms with van der Waals surface area (Å²) < 4.78 is 15.0. The van der Waals surface area contributed by atoms with Gasteiger partial charge in [-0.05, 0) is 70.0 Å². The maximum atomic E-state index is 13.1. The van der Waals surface area contributed by atoms with Crippen LogP contribution in [0.3, 0.4) is 0 Å². The van der Waals surface area contributed by atoms with Gasteiger partial charge in [-0.15, -0.1) is 0 Å². The van der Waals surface area contributed by atoms with Gasteiger partial charge in [0.25, 0.3) is 0 Å². The Kier molecular flexibility index (Phi) is 5.77. The number of nitrogens with zero attached hydrogens (tertiary/aromatic N) is 4. The number of nitrogens with one attached hydrogen (secondary N) is 1. The third-order valence-corrected chi connectivity index (χ3v) is 6.36. The van der Waals surface area contributed by atoms with Crippen LogP contribution in [0.5, 0.6) is 0 Å². The van der Waals surface area contributed by atoms with Gasteiger partial charge in [0.15, 0.2) is 5.65 Å². The van der Waals surface area contributed by atoms with Crippen molar-refractivity contribution in [1.29, 1.82) is 0 Å². The number of aromatic nitrogens is 3. The molecule has 0 spiro atoms. The highest BCUT2D eigenvalue weighted by atomic mass is 19.1. The van der Waals surface area contributed by atoms with E-state index in [-0.39, 0.29) is 17.6 Å². The van der Waals surface area contributed by atoms with E-state index < -0.39 is 0 Å². The minimum Gasteiger partial charge on any atom is -0.356 e. The van der Waals surface area contributed by atoms with Gasteiger partial charge < -0.3 is 10.2 Å². The zero-order chi connectivity index (χ0) is 23.8. The van der Waals surface area contributed by atoms with Crippen LogP contribution >= 0.6 is 0 Å². The Morgan fingerprint density at radius 2 is 1.65 bits per heavy atom. The fraction of sp³-hybridized carbons (Fsp3) is 0.296. The monoisotopic (exact) mass is 457 g/mol. The van der Waals surface area contributed by atoms with Gasteiger partial charge >= 0.3 is 0 Å². The Labute approximate surface area is 198 Å². The van der Waals surface area contributed by atoms with Crippen molar-refractivity contribution >= 4 is 23.1 Å². The fourth-order valence-electron chi connectivity index (χ4n) is 4.72. The standard InChI is InChI=1S/C27H28FN5O/c1-17-12-18(2)14-21(13-17)24-16-25-29-19(3)15-26(33(25)31-24)32-10-8-20(9-11-32)27(34)30-23-6-4-22(28)5-7-23/h4-7,12-16,20H,8-11H2,1-3H3,(H,30,34). The Balaban J connectivity index is 1.35. The average Bonchev–Trinajstić information content (AvgIpc) is 3.23. The first kappa shape index (κ1) is 22.1. The van der Waals surface area contributed by atoms with Crippen molar-refractivity contribution in [2.45, 2.75) is 33.6 Å². The van der Waals surface area contributed by atoms with Gasteiger partial charge in [-0.2, -0.15) is 9.61 Å². The smallest absolute Gasteiger partial charge is 0.227 e. The van der Waals surface area contributed by atoms with Crippen LogP contribution in [-0.2, 0) is 4.79 Å². The number of carbonyl (C=O) groups excluding carboxylic acids is 1. The molecule has 0 radical (unpaired) electrons. The molecule has 7 heteroatoms. The molecule has 174 valence electrons. The number of aryl methyl sites for hydroxylation is 3. The molecular formula is C27H28FN5O. The minimum atomic E-state index is -0.315. The van der Waals surface area contributed by atoms with Crippen LogP contribution in [0.25, 0.3) is 16.9 Å². The molecule has 1 fully saturated rings. The van der Waals surface area contributed by atoms with Crippen molar-refractivity contribution in [3.05, 3.63) is 77.2 Å². The predicted octanol–water partition coefficient (Wildman–Crippen LogP) is 5.32. The number of rotatable bonds is 4. The molecule has 5 rings (SSSR count). The highest BCUT2D eigenvalue weighted by molar-refractivity contribution is 5.92. The molecule has 3 heterocycles. The quantitative estimate of drug-likeness (QED) is 0.451. The van der Waals surface area contributed by atoms with Gasteiger partial charge in [0, 0.05) is 48.1 Å². The number of fused-ring (bicyclic) bond motifs is 1. The Morgan fingerprint density at radius 3 is 2.32 bits per heavy atom. The van der Waals surface area contributed by atoms with Crippen molar-refractivity contribution in [2.24, 2.45) is 5.92 Å². The van der Waals surface area contributed by atoms with E-state index >= 15 is 0 Å². The van der Waals surface area contributed by atoms with Gasteiger partial charge in [-0.1, -0.05) is 17.2 Å². The van der Waals surface area contributed by atoms with E-state index in [1.54, 1.807) is 12.1 Å². The van der Waals surface area contributed by atoms with E-state index in [4.69, 9.17) is 10.1 Å². The van der Waals surface area contributed by atoms with Crippen LogP contribution in [0.15, 0.2) is 54.6 Å². The lowest BCUT2D eigenvalue weighted by Gasteiger charge is -2.33. The van der Waals surface area contributed by atoms with E-state index in [1.807, 2.05) is 17.5 Å². The number of amides is 1. The van der Waals surface area contributed by atoms with Gasteiger partial charge in [0.2, 0.25) is 5.91 Å². The summed E-state index contributed by atoms with van der Waals surface area (Å²) in [5.74, 6) is 0.585. The second-order valence-electron chi connectivity index (χ2n) is 9.19. The molecule has 0 saturated carbocycles. The molecule has 0 aliphatic carbocycles. The minimum absolute atomic E-state index is 0.0153. The van der Waals surface area contributed by atoms with Gasteiger partial charge in [0.1, 0.15) is 11.6 Å². The first-order valence-corrected chi connectivity index (χ1v) is 11.6. The van der Waals surface area contributed by atoms with Crippen molar-refractivity contribution in [2.75, 3.05) is 23.3 Å². The van der Waals surface area contributed by atoms with E-state index in [0.29, 0.717) is 5.69 Å². The first-order chi connectivity index (χ1) is 16.4. The first-order valence-electron chi connectivity index (χ1n) is 11.6. The summed E-state index contributed by atoms with van der Waals surface area (Å²) in [5, 5.41) is 7.81. The number of halogens is 1. The Morgan fingerprint density at radius 1 is 0.971 bits per heavy atom. The zero-order valence-corrected chi connectivity index (χ0v) is 19.7. The number of anilines is 2. The molecule has 1 saturated heterocycles. The maximum absolute atomic E-state index is 13.1. The van der Waals surface area contributed by atoms with Crippen molar-refractivity contribution < 1.29 is 9.18 Å². The van der Waals surface area contributed by atoms with Crippen molar-refractivity contribution in [3.8, 4) is 11.3 Å². The lowest BCUT2D eigenvalue weighted by atomic mass is 9.95. The molecule has 1 N–H and O–H groups in total. The average molecular weight is 458 g/mol. The van der Waals surface area contributed by atoms with Gasteiger partial charge in [-0.3, -0.25) is 4.79 Å². The number of carbonyl (C=O) groups is 1. The van der Waals surface area contributed by atoms with Crippen LogP contribution < -0.4 is 10.2 Å². The van der Waals surface area contributed by atoms with Crippen LogP contribution in [0, 0.1) is 32.5 Å². The van der Waals surface area contributed by atoms with Crippen LogP contribution in [0.4, 0.5) is 15.9 Å². The molecule has 4 aromatic rings. The van der Waals surface area contributed by atoms with E-state index in [1.165, 1.54) is 23.3 Å². The number of benzene rings is 2. The summed E-state index contributed by atoms with van der Waals surface area (Å²) in [4.78, 5) is 19.7. The largest absolute Gasteiger partial charge is 0.356 e. The van der Waals surface area contributed by atoms with E-state index in [2.05, 4.69) is 48.3 Å². The highest BCUT2D eigenvalue weighted by Crippen LogP contribution is 2.28. The lowest BCUT2D eigenvalue weighted by Crippen LogP contribution is -2.39. The van der Waals surface area contributed by atoms with Crippen LogP contribution in [-0.4, -0.2) is 33.6 Å². The Bertz CT molecular complexity index is 1330. The third-order valence-electron chi connectivity index (χ3n) is 6.36. The summed E-state index contributed by atoms with van der Waals surface area (Å²) in [5.41, 5.74) is 6.78. The summed E-state index contributed by atoms with van der Waals surface area (Å²) in [7, 11) is 0. The summed E-state index contributed by atoms with van der Waals surface area (Å²) in [6, 6.07) is 16.4. The molecule has 0 bridgehead atoms. The zero-order valence-electron chi connectivity index (χ0n) is 19.7. The number of hydrogen-bond donors (Lipinski definition) is 1. The van der Waals surface area contributed by atoms with Crippen molar-refractivity contribution in [3.63, 3.8) is 0 Å². The number of hydrogen-bond acceptors (Lipinski definition) is 4. The highest BCUT2D eigenvalue weighted by Gasteiger charge is 2.27. The van der Waals surface area contributed by atoms with E-state index in [9.17, 15) is 9.18 Å². The molecule has 1 aliphatic heterocycles. The molecule has 2 aromatic heterocycles. The maximum Gasteiger partial charge on any atom is 0.227 e. The molecule has 6 nitrogen and oxygen atoms in total. The van der Waals surface area contributed by atoms with Crippen LogP contribution in [0.2, 0.25) is 0 Å². The summed E-state index contributed by atoms with van der Waals surface area (Å²) >= 11 is 0. The van der Waals surface area contributed by atoms with Gasteiger partial charge in [-0.25, -0.2) is 9.37 Å². The number of piperidine rings is 1. The molecule has 0 atom stereocenters. The summed E-state index contributed by atoms with van der Waals surface area (Å²) in [6.07, 6.45) is 1.47. The molecule has 34 heavy (non-hydrogen) atoms. The van der Waals surface area contributed by atoms with Crippen LogP contribution in [0.1, 0.15) is 29.7 Å². The third kappa shape index (κ3) is 4.51. The Hall–Kier alpha value is -3.74. The lowest BCUT2D eigenvalue weighted by molar-refractivity contribution is -0.120. The van der Waals surface area contributed by atoms with E-state index in [0.717, 1.165) is 54.3 Å². The fourth-order valence-corrected chi connectivity index (χ4v) is 4.72. The normalized spacial score (nSPS) is 14.5. The second kappa shape index (κ2) is 8.89. The molecule has 1 amide bonds. The molecule has 2 aromatic carbocycles. The molecular weight excluding hydrogens is 429 g/mol. The second-order valence-corrected chi connectivity index (χ2v) is 9.19. The summed E-state index contributed by atoms with van der Waals surface area (Å²) in [6.45, 7) is 7.68. The predicted molar refractivity (Wildman–Crippen MR) is 133 cm³/mol. The van der Waals surface area contributed by atoms with Crippen molar-refractivity contribution in [1.82, 2.24) is 14.6 Å². The SMILES string of the molecule is Cc1cc(C)cc(-c2cc3nc(C)cc(N4CCC(C(=O)Nc5ccc(F)cc5)CC4)n3n2)c1. The molecule has 0 unspecified atom stereocenters. The van der Waals surface area contributed by atoms with Gasteiger partial charge in [0.05, 0.1) is 5.69 Å². The topological polar surface area (TPSA) is 62.5 Å².